The van der Waals surface area contributed by atoms with Gasteiger partial charge in [0.2, 0.25) is 0 Å². The number of amides is 1. The predicted octanol–water partition coefficient (Wildman–Crippen LogP) is 5.90. The number of hydrogen-bond acceptors (Lipinski definition) is 3. The molecule has 2 aliphatic heterocycles. The Hall–Kier alpha value is -3.44. The molecule has 2 heterocycles. The summed E-state index contributed by atoms with van der Waals surface area (Å²) in [5.74, 6) is -0.140. The van der Waals surface area contributed by atoms with Crippen molar-refractivity contribution >= 4 is 23.4 Å². The fourth-order valence-electron chi connectivity index (χ4n) is 5.04. The second-order valence-electron chi connectivity index (χ2n) is 9.19. The summed E-state index contributed by atoms with van der Waals surface area (Å²) in [6.07, 6.45) is 4.32. The molecule has 174 valence electrons. The molecule has 1 amide bonds. The van der Waals surface area contributed by atoms with Crippen LogP contribution in [0.4, 0.5) is 15.8 Å². The minimum absolute atomic E-state index is 0.0760. The van der Waals surface area contributed by atoms with Crippen LogP contribution in [0, 0.1) is 5.82 Å². The standard InChI is InChI=1S/C29H30FN3O/c1-21-20-31(22(2)23-9-13-26(30)14-10-23)18-19-32(21)29(34)25-11-15-27(16-12-25)33-17-5-7-24-6-3-4-8-28(24)33/h3-16,21-22H,17-20H2,1-2H3/t21-,22?/m1/s1. The molecule has 0 aliphatic carbocycles. The van der Waals surface area contributed by atoms with Gasteiger partial charge in [-0.2, -0.15) is 0 Å². The molecule has 2 aliphatic rings. The molecule has 0 saturated carbocycles. The summed E-state index contributed by atoms with van der Waals surface area (Å²) in [4.78, 5) is 19.9. The Morgan fingerprint density at radius 1 is 0.971 bits per heavy atom. The third-order valence-electron chi connectivity index (χ3n) is 7.06. The van der Waals surface area contributed by atoms with Crippen LogP contribution in [0.1, 0.15) is 41.4 Å². The van der Waals surface area contributed by atoms with E-state index < -0.39 is 0 Å². The van der Waals surface area contributed by atoms with Gasteiger partial charge in [0.05, 0.1) is 0 Å². The number of hydrogen-bond donors (Lipinski definition) is 0. The lowest BCUT2D eigenvalue weighted by atomic mass is 10.0. The zero-order valence-electron chi connectivity index (χ0n) is 19.7. The average molecular weight is 456 g/mol. The number of fused-ring (bicyclic) bond motifs is 1. The molecule has 0 N–H and O–H groups in total. The van der Waals surface area contributed by atoms with Crippen LogP contribution in [0.5, 0.6) is 0 Å². The molecule has 5 rings (SSSR count). The van der Waals surface area contributed by atoms with Gasteiger partial charge in [-0.25, -0.2) is 4.39 Å². The van der Waals surface area contributed by atoms with Crippen molar-refractivity contribution in [2.75, 3.05) is 31.1 Å². The molecule has 5 heteroatoms. The maximum Gasteiger partial charge on any atom is 0.254 e. The van der Waals surface area contributed by atoms with Crippen LogP contribution in [0.15, 0.2) is 78.9 Å². The number of carbonyl (C=O) groups excluding carboxylic acids is 1. The third kappa shape index (κ3) is 4.36. The number of piperazine rings is 1. The van der Waals surface area contributed by atoms with Crippen LogP contribution in [0.2, 0.25) is 0 Å². The summed E-state index contributed by atoms with van der Waals surface area (Å²) < 4.78 is 13.3. The van der Waals surface area contributed by atoms with Crippen molar-refractivity contribution < 1.29 is 9.18 Å². The topological polar surface area (TPSA) is 26.8 Å². The zero-order valence-corrected chi connectivity index (χ0v) is 19.7. The van der Waals surface area contributed by atoms with Crippen LogP contribution in [-0.4, -0.2) is 47.9 Å². The highest BCUT2D eigenvalue weighted by Gasteiger charge is 2.30. The molecule has 0 aromatic heterocycles. The molecular weight excluding hydrogens is 425 g/mol. The first-order valence-corrected chi connectivity index (χ1v) is 11.9. The van der Waals surface area contributed by atoms with E-state index in [0.717, 1.165) is 36.4 Å². The minimum atomic E-state index is -0.216. The number of rotatable bonds is 4. The van der Waals surface area contributed by atoms with Crippen molar-refractivity contribution in [1.29, 1.82) is 0 Å². The zero-order chi connectivity index (χ0) is 23.7. The smallest absolute Gasteiger partial charge is 0.254 e. The molecule has 3 aromatic carbocycles. The van der Waals surface area contributed by atoms with Crippen LogP contribution in [0.3, 0.4) is 0 Å². The summed E-state index contributed by atoms with van der Waals surface area (Å²) >= 11 is 0. The Labute approximate surface area is 200 Å². The maximum atomic E-state index is 13.3. The van der Waals surface area contributed by atoms with Crippen LogP contribution >= 0.6 is 0 Å². The van der Waals surface area contributed by atoms with Gasteiger partial charge in [0.1, 0.15) is 5.82 Å². The van der Waals surface area contributed by atoms with E-state index in [0.29, 0.717) is 6.54 Å². The monoisotopic (exact) mass is 455 g/mol. The highest BCUT2D eigenvalue weighted by Crippen LogP contribution is 2.32. The van der Waals surface area contributed by atoms with E-state index in [2.05, 4.69) is 60.1 Å². The lowest BCUT2D eigenvalue weighted by Crippen LogP contribution is -2.54. The number of halogens is 1. The molecular formula is C29H30FN3O. The summed E-state index contributed by atoms with van der Waals surface area (Å²) in [5.41, 5.74) is 5.29. The fourth-order valence-corrected chi connectivity index (χ4v) is 5.04. The van der Waals surface area contributed by atoms with Crippen LogP contribution in [0.25, 0.3) is 6.08 Å². The Morgan fingerprint density at radius 3 is 2.44 bits per heavy atom. The van der Waals surface area contributed by atoms with E-state index in [1.165, 1.54) is 23.4 Å². The number of benzene rings is 3. The predicted molar refractivity (Wildman–Crippen MR) is 136 cm³/mol. The van der Waals surface area contributed by atoms with Crippen molar-refractivity contribution in [1.82, 2.24) is 9.80 Å². The lowest BCUT2D eigenvalue weighted by Gasteiger charge is -2.42. The molecule has 4 nitrogen and oxygen atoms in total. The van der Waals surface area contributed by atoms with Gasteiger partial charge in [0.25, 0.3) is 5.91 Å². The summed E-state index contributed by atoms with van der Waals surface area (Å²) in [5, 5.41) is 0. The van der Waals surface area contributed by atoms with E-state index in [4.69, 9.17) is 0 Å². The maximum absolute atomic E-state index is 13.3. The van der Waals surface area contributed by atoms with E-state index in [1.807, 2.05) is 41.3 Å². The quantitative estimate of drug-likeness (QED) is 0.490. The van der Waals surface area contributed by atoms with Gasteiger partial charge in [-0.1, -0.05) is 42.5 Å². The van der Waals surface area contributed by atoms with Crippen molar-refractivity contribution in [2.24, 2.45) is 0 Å². The SMILES string of the molecule is CC(c1ccc(F)cc1)N1CCN(C(=O)c2ccc(N3CC=Cc4ccccc43)cc2)[C@H](C)C1. The second kappa shape index (κ2) is 9.43. The molecule has 1 saturated heterocycles. The summed E-state index contributed by atoms with van der Waals surface area (Å²) in [7, 11) is 0. The van der Waals surface area contributed by atoms with Gasteiger partial charge in [0, 0.05) is 55.2 Å². The molecule has 1 unspecified atom stereocenters. The second-order valence-corrected chi connectivity index (χ2v) is 9.19. The highest BCUT2D eigenvalue weighted by molar-refractivity contribution is 5.95. The molecule has 3 aromatic rings. The van der Waals surface area contributed by atoms with Gasteiger partial charge < -0.3 is 9.80 Å². The number of para-hydroxylation sites is 1. The van der Waals surface area contributed by atoms with Gasteiger partial charge in [-0.05, 0) is 67.4 Å². The molecule has 0 spiro atoms. The number of anilines is 2. The average Bonchev–Trinajstić information content (AvgIpc) is 2.88. The summed E-state index contributed by atoms with van der Waals surface area (Å²) in [6.45, 7) is 7.33. The number of nitrogens with zero attached hydrogens (tertiary/aromatic N) is 3. The fraction of sp³-hybridized carbons (Fsp3) is 0.276. The normalized spacial score (nSPS) is 19.1. The van der Waals surface area contributed by atoms with Gasteiger partial charge >= 0.3 is 0 Å². The van der Waals surface area contributed by atoms with Crippen LogP contribution in [-0.2, 0) is 0 Å². The van der Waals surface area contributed by atoms with Gasteiger partial charge in [-0.15, -0.1) is 0 Å². The van der Waals surface area contributed by atoms with Crippen LogP contribution < -0.4 is 4.90 Å². The molecule has 2 atom stereocenters. The minimum Gasteiger partial charge on any atom is -0.337 e. The lowest BCUT2D eigenvalue weighted by molar-refractivity contribution is 0.0406. The first-order chi connectivity index (χ1) is 16.5. The van der Waals surface area contributed by atoms with E-state index in [1.54, 1.807) is 0 Å². The first kappa shape index (κ1) is 22.4. The number of carbonyl (C=O) groups is 1. The van der Waals surface area contributed by atoms with Crippen molar-refractivity contribution in [3.05, 3.63) is 101 Å². The Bertz CT molecular complexity index is 1190. The molecule has 0 radical (unpaired) electrons. The van der Waals surface area contributed by atoms with Gasteiger partial charge in [0.15, 0.2) is 0 Å². The largest absolute Gasteiger partial charge is 0.337 e. The Balaban J connectivity index is 1.25. The van der Waals surface area contributed by atoms with E-state index in [-0.39, 0.29) is 23.8 Å². The van der Waals surface area contributed by atoms with Crippen molar-refractivity contribution in [2.45, 2.75) is 25.9 Å². The Morgan fingerprint density at radius 2 is 1.71 bits per heavy atom. The molecule has 34 heavy (non-hydrogen) atoms. The van der Waals surface area contributed by atoms with Gasteiger partial charge in [-0.3, -0.25) is 9.69 Å². The van der Waals surface area contributed by atoms with Crippen molar-refractivity contribution in [3.63, 3.8) is 0 Å². The highest BCUT2D eigenvalue weighted by atomic mass is 19.1. The third-order valence-corrected chi connectivity index (χ3v) is 7.06. The summed E-state index contributed by atoms with van der Waals surface area (Å²) in [6, 6.07) is 23.3. The molecule has 0 bridgehead atoms. The first-order valence-electron chi connectivity index (χ1n) is 11.9. The van der Waals surface area contributed by atoms with Crippen molar-refractivity contribution in [3.8, 4) is 0 Å². The van der Waals surface area contributed by atoms with E-state index >= 15 is 0 Å². The Kier molecular flexibility index (Phi) is 6.20. The molecule has 1 fully saturated rings. The van der Waals surface area contributed by atoms with E-state index in [9.17, 15) is 9.18 Å².